The molecule has 1 aliphatic carbocycles. The molecular formula is C15H16N4O2S. The number of anilines is 2. The summed E-state index contributed by atoms with van der Waals surface area (Å²) in [6.07, 6.45) is 2.58. The second-order valence-electron chi connectivity index (χ2n) is 5.20. The van der Waals surface area contributed by atoms with Crippen molar-refractivity contribution in [1.29, 1.82) is 0 Å². The third kappa shape index (κ3) is 3.30. The van der Waals surface area contributed by atoms with Crippen LogP contribution in [0.1, 0.15) is 35.1 Å². The molecule has 1 fully saturated rings. The number of nitrogens with one attached hydrogen (secondary N) is 2. The van der Waals surface area contributed by atoms with Crippen molar-refractivity contribution in [1.82, 2.24) is 9.59 Å². The smallest absolute Gasteiger partial charge is 0.269 e. The first kappa shape index (κ1) is 14.6. The predicted molar refractivity (Wildman–Crippen MR) is 85.0 cm³/mol. The minimum atomic E-state index is -0.225. The monoisotopic (exact) mass is 316 g/mol. The zero-order chi connectivity index (χ0) is 15.5. The highest BCUT2D eigenvalue weighted by Gasteiger charge is 2.29. The predicted octanol–water partition coefficient (Wildman–Crippen LogP) is 2.70. The normalized spacial score (nSPS) is 13.7. The minimum absolute atomic E-state index is 0.0448. The van der Waals surface area contributed by atoms with E-state index in [1.807, 2.05) is 13.0 Å². The summed E-state index contributed by atoms with van der Waals surface area (Å²) in [5, 5.41) is 9.61. The Morgan fingerprint density at radius 3 is 2.68 bits per heavy atom. The second kappa shape index (κ2) is 6.23. The van der Waals surface area contributed by atoms with Gasteiger partial charge in [0.05, 0.1) is 5.69 Å². The quantitative estimate of drug-likeness (QED) is 0.888. The number of aryl methyl sites for hydroxylation is 1. The minimum Gasteiger partial charge on any atom is -0.326 e. The molecule has 1 aromatic carbocycles. The van der Waals surface area contributed by atoms with Crippen molar-refractivity contribution in [3.8, 4) is 0 Å². The van der Waals surface area contributed by atoms with Crippen LogP contribution in [0.4, 0.5) is 11.4 Å². The van der Waals surface area contributed by atoms with E-state index in [1.54, 1.807) is 18.2 Å². The first-order chi connectivity index (χ1) is 10.7. The van der Waals surface area contributed by atoms with Gasteiger partial charge in [-0.1, -0.05) is 17.5 Å². The van der Waals surface area contributed by atoms with Crippen molar-refractivity contribution < 1.29 is 9.59 Å². The lowest BCUT2D eigenvalue weighted by Crippen LogP contribution is -2.15. The van der Waals surface area contributed by atoms with Crippen LogP contribution in [0, 0.1) is 5.92 Å². The van der Waals surface area contributed by atoms with E-state index in [0.29, 0.717) is 28.4 Å². The molecule has 2 amide bonds. The molecule has 0 unspecified atom stereocenters. The molecular weight excluding hydrogens is 300 g/mol. The van der Waals surface area contributed by atoms with Crippen LogP contribution in [0.15, 0.2) is 24.3 Å². The zero-order valence-electron chi connectivity index (χ0n) is 12.1. The third-order valence-electron chi connectivity index (χ3n) is 3.43. The van der Waals surface area contributed by atoms with E-state index in [2.05, 4.69) is 20.2 Å². The van der Waals surface area contributed by atoms with Crippen LogP contribution in [0.25, 0.3) is 0 Å². The maximum absolute atomic E-state index is 12.2. The number of rotatable bonds is 5. The lowest BCUT2D eigenvalue weighted by atomic mass is 10.2. The van der Waals surface area contributed by atoms with Gasteiger partial charge in [-0.3, -0.25) is 9.59 Å². The summed E-state index contributed by atoms with van der Waals surface area (Å²) in [6, 6.07) is 7.13. The fourth-order valence-corrected chi connectivity index (χ4v) is 2.71. The van der Waals surface area contributed by atoms with E-state index in [4.69, 9.17) is 0 Å². The highest BCUT2D eigenvalue weighted by atomic mass is 32.1. The molecule has 0 aliphatic heterocycles. The number of amides is 2. The maximum Gasteiger partial charge on any atom is 0.269 e. The van der Waals surface area contributed by atoms with Gasteiger partial charge < -0.3 is 10.6 Å². The second-order valence-corrected chi connectivity index (χ2v) is 5.95. The van der Waals surface area contributed by atoms with Crippen molar-refractivity contribution in [3.05, 3.63) is 34.8 Å². The fourth-order valence-electron chi connectivity index (χ4n) is 2.06. The molecule has 2 N–H and O–H groups in total. The fraction of sp³-hybridized carbons (Fsp3) is 0.333. The van der Waals surface area contributed by atoms with E-state index in [9.17, 15) is 9.59 Å². The highest BCUT2D eigenvalue weighted by molar-refractivity contribution is 7.08. The highest BCUT2D eigenvalue weighted by Crippen LogP contribution is 2.30. The summed E-state index contributed by atoms with van der Waals surface area (Å²) in [5.41, 5.74) is 2.02. The summed E-state index contributed by atoms with van der Waals surface area (Å²) in [6.45, 7) is 1.93. The molecule has 3 rings (SSSR count). The Morgan fingerprint density at radius 1 is 1.27 bits per heavy atom. The Kier molecular flexibility index (Phi) is 4.15. The van der Waals surface area contributed by atoms with E-state index in [1.165, 1.54) is 0 Å². The zero-order valence-corrected chi connectivity index (χ0v) is 12.9. The van der Waals surface area contributed by atoms with Gasteiger partial charge in [0.1, 0.15) is 4.88 Å². The van der Waals surface area contributed by atoms with Crippen molar-refractivity contribution in [3.63, 3.8) is 0 Å². The third-order valence-corrected chi connectivity index (χ3v) is 4.20. The molecule has 0 bridgehead atoms. The molecule has 6 nitrogen and oxygen atoms in total. The van der Waals surface area contributed by atoms with Crippen LogP contribution in [-0.2, 0) is 11.2 Å². The molecule has 0 spiro atoms. The lowest BCUT2D eigenvalue weighted by Gasteiger charge is -2.08. The number of aromatic nitrogens is 2. The van der Waals surface area contributed by atoms with E-state index in [-0.39, 0.29) is 17.7 Å². The van der Waals surface area contributed by atoms with E-state index in [0.717, 1.165) is 24.4 Å². The van der Waals surface area contributed by atoms with Crippen molar-refractivity contribution >= 4 is 34.7 Å². The Morgan fingerprint density at radius 2 is 2.00 bits per heavy atom. The van der Waals surface area contributed by atoms with Gasteiger partial charge >= 0.3 is 0 Å². The summed E-state index contributed by atoms with van der Waals surface area (Å²) in [5.74, 6) is -0.0328. The average molecular weight is 316 g/mol. The van der Waals surface area contributed by atoms with Crippen LogP contribution < -0.4 is 10.6 Å². The van der Waals surface area contributed by atoms with Gasteiger partial charge in [0.15, 0.2) is 0 Å². The van der Waals surface area contributed by atoms with Crippen LogP contribution in [-0.4, -0.2) is 21.4 Å². The number of benzene rings is 1. The van der Waals surface area contributed by atoms with Crippen molar-refractivity contribution in [2.75, 3.05) is 10.6 Å². The summed E-state index contributed by atoms with van der Waals surface area (Å²) in [7, 11) is 0. The summed E-state index contributed by atoms with van der Waals surface area (Å²) in [4.78, 5) is 24.5. The number of carbonyl (C=O) groups is 2. The van der Waals surface area contributed by atoms with Crippen molar-refractivity contribution in [2.45, 2.75) is 26.2 Å². The molecule has 1 saturated carbocycles. The van der Waals surface area contributed by atoms with Gasteiger partial charge in [-0.05, 0) is 49.0 Å². The standard InChI is InChI=1S/C15H16N4O2S/c1-2-12-13(22-19-18-12)15(21)17-11-5-3-4-10(8-11)16-14(20)9-6-7-9/h3-5,8-9H,2,6-7H2,1H3,(H,16,20)(H,17,21). The molecule has 1 aromatic heterocycles. The van der Waals surface area contributed by atoms with Crippen LogP contribution >= 0.6 is 11.5 Å². The first-order valence-electron chi connectivity index (χ1n) is 7.21. The van der Waals surface area contributed by atoms with Gasteiger partial charge in [-0.2, -0.15) is 0 Å². The first-order valence-corrected chi connectivity index (χ1v) is 7.98. The van der Waals surface area contributed by atoms with Crippen LogP contribution in [0.3, 0.4) is 0 Å². The van der Waals surface area contributed by atoms with Crippen molar-refractivity contribution in [2.24, 2.45) is 5.92 Å². The molecule has 1 aliphatic rings. The van der Waals surface area contributed by atoms with Gasteiger partial charge in [0, 0.05) is 17.3 Å². The molecule has 0 atom stereocenters. The molecule has 0 saturated heterocycles. The van der Waals surface area contributed by atoms with Crippen LogP contribution in [0.5, 0.6) is 0 Å². The molecule has 1 heterocycles. The number of hydrogen-bond acceptors (Lipinski definition) is 5. The van der Waals surface area contributed by atoms with Gasteiger partial charge in [0.2, 0.25) is 5.91 Å². The summed E-state index contributed by atoms with van der Waals surface area (Å²) < 4.78 is 3.81. The summed E-state index contributed by atoms with van der Waals surface area (Å²) >= 11 is 1.09. The van der Waals surface area contributed by atoms with Crippen LogP contribution in [0.2, 0.25) is 0 Å². The molecule has 7 heteroatoms. The van der Waals surface area contributed by atoms with E-state index >= 15 is 0 Å². The number of nitrogens with zero attached hydrogens (tertiary/aromatic N) is 2. The van der Waals surface area contributed by atoms with E-state index < -0.39 is 0 Å². The molecule has 22 heavy (non-hydrogen) atoms. The number of carbonyl (C=O) groups excluding carboxylic acids is 2. The average Bonchev–Trinajstić information content (AvgIpc) is 3.25. The SMILES string of the molecule is CCc1nnsc1C(=O)Nc1cccc(NC(=O)C2CC2)c1. The van der Waals surface area contributed by atoms with Gasteiger partial charge in [-0.25, -0.2) is 0 Å². The largest absolute Gasteiger partial charge is 0.326 e. The lowest BCUT2D eigenvalue weighted by molar-refractivity contribution is -0.117. The topological polar surface area (TPSA) is 84.0 Å². The molecule has 2 aromatic rings. The molecule has 0 radical (unpaired) electrons. The Labute approximate surface area is 132 Å². The molecule has 114 valence electrons. The Hall–Kier alpha value is -2.28. The Balaban J connectivity index is 1.69. The van der Waals surface area contributed by atoms with Gasteiger partial charge in [0.25, 0.3) is 5.91 Å². The Bertz CT molecular complexity index is 709. The number of hydrogen-bond donors (Lipinski definition) is 2. The maximum atomic E-state index is 12.2. The van der Waals surface area contributed by atoms with Gasteiger partial charge in [-0.15, -0.1) is 5.10 Å².